The molecule has 0 atom stereocenters. The summed E-state index contributed by atoms with van der Waals surface area (Å²) in [6.07, 6.45) is 3.81. The molecule has 1 aliphatic carbocycles. The van der Waals surface area contributed by atoms with E-state index in [0.29, 0.717) is 5.41 Å². The molecule has 1 spiro atoms. The van der Waals surface area contributed by atoms with Gasteiger partial charge in [-0.25, -0.2) is 0 Å². The molecule has 3 fully saturated rings. The van der Waals surface area contributed by atoms with Gasteiger partial charge < -0.3 is 14.6 Å². The lowest BCUT2D eigenvalue weighted by atomic mass is 9.54. The van der Waals surface area contributed by atoms with Crippen molar-refractivity contribution < 1.29 is 9.31 Å². The molecule has 3 aliphatic rings. The topological polar surface area (TPSA) is 30.5 Å². The molecule has 2 saturated heterocycles. The van der Waals surface area contributed by atoms with Crippen molar-refractivity contribution in [2.45, 2.75) is 58.1 Å². The van der Waals surface area contributed by atoms with Crippen molar-refractivity contribution in [2.24, 2.45) is 11.3 Å². The van der Waals surface area contributed by atoms with Crippen LogP contribution in [0.25, 0.3) is 0 Å². The summed E-state index contributed by atoms with van der Waals surface area (Å²) >= 11 is 0. The third-order valence-corrected chi connectivity index (χ3v) is 5.27. The van der Waals surface area contributed by atoms with Crippen LogP contribution >= 0.6 is 0 Å². The van der Waals surface area contributed by atoms with Gasteiger partial charge >= 0.3 is 7.12 Å². The molecule has 3 rings (SSSR count). The molecule has 0 amide bonds. The molecular weight excluding hydrogens is 213 g/mol. The van der Waals surface area contributed by atoms with Crippen LogP contribution in [-0.2, 0) is 9.31 Å². The minimum Gasteiger partial charge on any atom is -0.403 e. The molecule has 3 nitrogen and oxygen atoms in total. The van der Waals surface area contributed by atoms with E-state index in [1.807, 2.05) is 0 Å². The highest BCUT2D eigenvalue weighted by molar-refractivity contribution is 6.45. The van der Waals surface area contributed by atoms with Gasteiger partial charge in [-0.2, -0.15) is 0 Å². The third kappa shape index (κ3) is 1.85. The molecule has 1 saturated carbocycles. The summed E-state index contributed by atoms with van der Waals surface area (Å²) in [5.41, 5.74) is 0.322. The van der Waals surface area contributed by atoms with Crippen LogP contribution in [0.4, 0.5) is 0 Å². The fourth-order valence-corrected chi connectivity index (χ4v) is 3.43. The summed E-state index contributed by atoms with van der Waals surface area (Å²) in [6.45, 7) is 11.0. The lowest BCUT2D eigenvalue weighted by molar-refractivity contribution is 0.00578. The Labute approximate surface area is 105 Å². The Morgan fingerprint density at radius 1 is 1.06 bits per heavy atom. The molecule has 0 aromatic heterocycles. The van der Waals surface area contributed by atoms with Gasteiger partial charge in [0.2, 0.25) is 0 Å². The van der Waals surface area contributed by atoms with E-state index < -0.39 is 0 Å². The van der Waals surface area contributed by atoms with Crippen LogP contribution in [0.5, 0.6) is 0 Å². The van der Waals surface area contributed by atoms with E-state index in [9.17, 15) is 0 Å². The second-order valence-corrected chi connectivity index (χ2v) is 7.30. The lowest BCUT2D eigenvalue weighted by Gasteiger charge is -2.54. The van der Waals surface area contributed by atoms with Crippen molar-refractivity contribution in [3.05, 3.63) is 0 Å². The Morgan fingerprint density at radius 2 is 1.59 bits per heavy atom. The van der Waals surface area contributed by atoms with Crippen molar-refractivity contribution in [1.82, 2.24) is 5.32 Å². The summed E-state index contributed by atoms with van der Waals surface area (Å²) in [5, 5.41) is 3.38. The maximum absolute atomic E-state index is 6.05. The molecule has 17 heavy (non-hydrogen) atoms. The van der Waals surface area contributed by atoms with E-state index in [1.54, 1.807) is 0 Å². The Balaban J connectivity index is 1.51. The van der Waals surface area contributed by atoms with E-state index in [4.69, 9.17) is 9.31 Å². The second-order valence-electron chi connectivity index (χ2n) is 7.30. The fourth-order valence-electron chi connectivity index (χ4n) is 3.43. The molecule has 0 aromatic rings. The third-order valence-electron chi connectivity index (χ3n) is 5.27. The molecule has 4 heteroatoms. The lowest BCUT2D eigenvalue weighted by Crippen LogP contribution is -2.60. The highest BCUT2D eigenvalue weighted by Crippen LogP contribution is 2.51. The predicted molar refractivity (Wildman–Crippen MR) is 68.9 cm³/mol. The second kappa shape index (κ2) is 3.49. The van der Waals surface area contributed by atoms with Crippen LogP contribution in [0.2, 0.25) is 6.32 Å². The van der Waals surface area contributed by atoms with Gasteiger partial charge in [0.1, 0.15) is 0 Å². The average Bonchev–Trinajstić information content (AvgIpc) is 2.24. The first-order chi connectivity index (χ1) is 7.82. The Hall–Kier alpha value is -0.0551. The van der Waals surface area contributed by atoms with E-state index >= 15 is 0 Å². The first kappa shape index (κ1) is 12.0. The Bertz CT molecular complexity index is 301. The van der Waals surface area contributed by atoms with Crippen LogP contribution in [0, 0.1) is 11.3 Å². The van der Waals surface area contributed by atoms with Crippen LogP contribution < -0.4 is 5.32 Å². The molecule has 0 bridgehead atoms. The monoisotopic (exact) mass is 237 g/mol. The van der Waals surface area contributed by atoms with Gasteiger partial charge in [-0.05, 0) is 58.2 Å². The van der Waals surface area contributed by atoms with E-state index in [1.165, 1.54) is 25.9 Å². The number of hydrogen-bond acceptors (Lipinski definition) is 3. The van der Waals surface area contributed by atoms with Crippen molar-refractivity contribution in [2.75, 3.05) is 13.1 Å². The maximum atomic E-state index is 6.05. The number of hydrogen-bond donors (Lipinski definition) is 1. The van der Waals surface area contributed by atoms with Crippen molar-refractivity contribution >= 4 is 7.12 Å². The Morgan fingerprint density at radius 3 is 2.00 bits per heavy atom. The van der Waals surface area contributed by atoms with Crippen LogP contribution in [-0.4, -0.2) is 31.4 Å². The minimum absolute atomic E-state index is 0.00962. The predicted octanol–water partition coefficient (Wildman–Crippen LogP) is 2.08. The van der Waals surface area contributed by atoms with Gasteiger partial charge in [0.25, 0.3) is 0 Å². The summed E-state index contributed by atoms with van der Waals surface area (Å²) in [7, 11) is 0.00962. The van der Waals surface area contributed by atoms with Crippen molar-refractivity contribution in [1.29, 1.82) is 0 Å². The molecule has 0 aromatic carbocycles. The molecular formula is C13H24BNO2. The van der Waals surface area contributed by atoms with Crippen LogP contribution in [0.15, 0.2) is 0 Å². The first-order valence-corrected chi connectivity index (χ1v) is 6.88. The van der Waals surface area contributed by atoms with Gasteiger partial charge in [-0.1, -0.05) is 0 Å². The molecule has 2 heterocycles. The van der Waals surface area contributed by atoms with E-state index in [0.717, 1.165) is 12.2 Å². The molecule has 96 valence electrons. The van der Waals surface area contributed by atoms with Gasteiger partial charge in [-0.15, -0.1) is 0 Å². The summed E-state index contributed by atoms with van der Waals surface area (Å²) in [5.74, 6) is 0.812. The quantitative estimate of drug-likeness (QED) is 0.746. The molecule has 0 unspecified atom stereocenters. The largest absolute Gasteiger partial charge is 0.458 e. The van der Waals surface area contributed by atoms with Gasteiger partial charge in [-0.3, -0.25) is 0 Å². The fraction of sp³-hybridized carbons (Fsp3) is 1.00. The average molecular weight is 237 g/mol. The first-order valence-electron chi connectivity index (χ1n) is 6.88. The van der Waals surface area contributed by atoms with E-state index in [2.05, 4.69) is 33.0 Å². The zero-order chi connectivity index (χ0) is 12.3. The van der Waals surface area contributed by atoms with Gasteiger partial charge in [0.15, 0.2) is 0 Å². The maximum Gasteiger partial charge on any atom is 0.458 e. The Kier molecular flexibility index (Phi) is 2.46. The zero-order valence-electron chi connectivity index (χ0n) is 11.5. The van der Waals surface area contributed by atoms with Gasteiger partial charge in [0.05, 0.1) is 11.2 Å². The van der Waals surface area contributed by atoms with Crippen molar-refractivity contribution in [3.8, 4) is 0 Å². The van der Waals surface area contributed by atoms with Crippen LogP contribution in [0.1, 0.15) is 40.5 Å². The smallest absolute Gasteiger partial charge is 0.403 e. The van der Waals surface area contributed by atoms with Crippen LogP contribution in [0.3, 0.4) is 0 Å². The zero-order valence-corrected chi connectivity index (χ0v) is 11.5. The molecule has 2 aliphatic heterocycles. The molecule has 0 radical (unpaired) electrons. The summed E-state index contributed by atoms with van der Waals surface area (Å²) in [6, 6.07) is 0. The van der Waals surface area contributed by atoms with E-state index in [-0.39, 0.29) is 18.3 Å². The minimum atomic E-state index is -0.170. The summed E-state index contributed by atoms with van der Waals surface area (Å²) < 4.78 is 12.1. The van der Waals surface area contributed by atoms with Crippen molar-refractivity contribution in [3.63, 3.8) is 0 Å². The normalized spacial score (nSPS) is 33.5. The highest BCUT2D eigenvalue weighted by atomic mass is 16.7. The number of nitrogens with one attached hydrogen (secondary N) is 1. The number of rotatable bonds is 2. The highest BCUT2D eigenvalue weighted by Gasteiger charge is 2.54. The molecule has 1 N–H and O–H groups in total. The summed E-state index contributed by atoms with van der Waals surface area (Å²) in [4.78, 5) is 0. The SMILES string of the molecule is CC1(C)OB(CC2CC3(CNC3)C2)OC1(C)C. The van der Waals surface area contributed by atoms with Gasteiger partial charge in [0, 0.05) is 13.1 Å². The standard InChI is InChI=1S/C13H24BNO2/c1-11(2)12(3,4)17-14(16-11)7-10-5-13(6-10)8-15-9-13/h10,15H,5-9H2,1-4H3.